The predicted molar refractivity (Wildman–Crippen MR) is 62.5 cm³/mol. The highest BCUT2D eigenvalue weighted by atomic mass is 16.4. The largest absolute Gasteiger partial charge is 0.481 e. The Labute approximate surface area is 101 Å². The van der Waals surface area contributed by atoms with Gasteiger partial charge in [-0.05, 0) is 38.5 Å². The molecule has 5 heteroatoms. The van der Waals surface area contributed by atoms with E-state index in [2.05, 4.69) is 10.6 Å². The number of carbonyl (C=O) groups excluding carboxylic acids is 1. The SMILES string of the molecule is C[C@@H]1NC2(CCC(CC(=O)O)CC2)CNC1=O. The number of nitrogens with one attached hydrogen (secondary N) is 2. The molecule has 0 aromatic rings. The van der Waals surface area contributed by atoms with Crippen LogP contribution in [0, 0.1) is 5.92 Å². The zero-order valence-electron chi connectivity index (χ0n) is 10.2. The monoisotopic (exact) mass is 240 g/mol. The fraction of sp³-hybridized carbons (Fsp3) is 0.833. The maximum Gasteiger partial charge on any atom is 0.303 e. The third-order valence-corrected chi connectivity index (χ3v) is 4.04. The lowest BCUT2D eigenvalue weighted by Gasteiger charge is -2.45. The zero-order valence-corrected chi connectivity index (χ0v) is 10.2. The van der Waals surface area contributed by atoms with Gasteiger partial charge in [-0.2, -0.15) is 0 Å². The predicted octanol–water partition coefficient (Wildman–Crippen LogP) is 0.498. The smallest absolute Gasteiger partial charge is 0.303 e. The van der Waals surface area contributed by atoms with Gasteiger partial charge in [-0.3, -0.25) is 14.9 Å². The van der Waals surface area contributed by atoms with Crippen LogP contribution in [0.15, 0.2) is 0 Å². The molecule has 0 radical (unpaired) electrons. The van der Waals surface area contributed by atoms with E-state index < -0.39 is 5.97 Å². The number of carboxylic acid groups (broad SMARTS) is 1. The van der Waals surface area contributed by atoms with Gasteiger partial charge >= 0.3 is 5.97 Å². The third kappa shape index (κ3) is 2.77. The van der Waals surface area contributed by atoms with E-state index in [1.54, 1.807) is 0 Å². The van der Waals surface area contributed by atoms with Gasteiger partial charge in [0.1, 0.15) is 0 Å². The third-order valence-electron chi connectivity index (χ3n) is 4.04. The molecule has 96 valence electrons. The summed E-state index contributed by atoms with van der Waals surface area (Å²) in [6.45, 7) is 2.55. The molecule has 1 aliphatic heterocycles. The molecular weight excluding hydrogens is 220 g/mol. The molecule has 1 spiro atoms. The number of piperazine rings is 1. The molecule has 1 aliphatic carbocycles. The molecule has 5 nitrogen and oxygen atoms in total. The first-order valence-corrected chi connectivity index (χ1v) is 6.28. The lowest BCUT2D eigenvalue weighted by molar-refractivity contribution is -0.138. The van der Waals surface area contributed by atoms with Crippen LogP contribution in [0.5, 0.6) is 0 Å². The quantitative estimate of drug-likeness (QED) is 0.656. The van der Waals surface area contributed by atoms with E-state index in [4.69, 9.17) is 5.11 Å². The first kappa shape index (κ1) is 12.4. The van der Waals surface area contributed by atoms with Gasteiger partial charge in [0.15, 0.2) is 0 Å². The van der Waals surface area contributed by atoms with Crippen LogP contribution < -0.4 is 10.6 Å². The fourth-order valence-electron chi connectivity index (χ4n) is 2.99. The highest BCUT2D eigenvalue weighted by Gasteiger charge is 2.40. The van der Waals surface area contributed by atoms with Crippen molar-refractivity contribution in [2.24, 2.45) is 5.92 Å². The van der Waals surface area contributed by atoms with Crippen LogP contribution in [-0.4, -0.2) is 35.1 Å². The van der Waals surface area contributed by atoms with Crippen molar-refractivity contribution in [3.8, 4) is 0 Å². The van der Waals surface area contributed by atoms with E-state index in [0.29, 0.717) is 12.5 Å². The first-order valence-electron chi connectivity index (χ1n) is 6.28. The Morgan fingerprint density at radius 1 is 1.47 bits per heavy atom. The Bertz CT molecular complexity index is 322. The molecule has 0 aromatic carbocycles. The van der Waals surface area contributed by atoms with Gasteiger partial charge < -0.3 is 10.4 Å². The Kier molecular flexibility index (Phi) is 3.38. The van der Waals surface area contributed by atoms with Gasteiger partial charge in [0.2, 0.25) is 5.91 Å². The molecule has 1 saturated carbocycles. The summed E-state index contributed by atoms with van der Waals surface area (Å²) in [6, 6.07) is -0.139. The van der Waals surface area contributed by atoms with Crippen molar-refractivity contribution >= 4 is 11.9 Å². The van der Waals surface area contributed by atoms with Gasteiger partial charge in [0.25, 0.3) is 0 Å². The number of carbonyl (C=O) groups is 2. The molecule has 2 aliphatic rings. The van der Waals surface area contributed by atoms with Crippen molar-refractivity contribution in [2.75, 3.05) is 6.54 Å². The van der Waals surface area contributed by atoms with Crippen LogP contribution in [-0.2, 0) is 9.59 Å². The van der Waals surface area contributed by atoms with Gasteiger partial charge in [0, 0.05) is 18.5 Å². The van der Waals surface area contributed by atoms with Crippen molar-refractivity contribution < 1.29 is 14.7 Å². The maximum absolute atomic E-state index is 11.4. The topological polar surface area (TPSA) is 78.4 Å². The van der Waals surface area contributed by atoms with Crippen molar-refractivity contribution in [3.05, 3.63) is 0 Å². The molecule has 2 rings (SSSR count). The maximum atomic E-state index is 11.4. The highest BCUT2D eigenvalue weighted by Crippen LogP contribution is 2.34. The second-order valence-corrected chi connectivity index (χ2v) is 5.41. The summed E-state index contributed by atoms with van der Waals surface area (Å²) < 4.78 is 0. The van der Waals surface area contributed by atoms with Crippen molar-refractivity contribution in [1.29, 1.82) is 0 Å². The summed E-state index contributed by atoms with van der Waals surface area (Å²) in [5.41, 5.74) is 0.00231. The van der Waals surface area contributed by atoms with Gasteiger partial charge in [0.05, 0.1) is 6.04 Å². The fourth-order valence-corrected chi connectivity index (χ4v) is 2.99. The Morgan fingerprint density at radius 3 is 2.65 bits per heavy atom. The summed E-state index contributed by atoms with van der Waals surface area (Å²) in [4.78, 5) is 22.0. The molecule has 1 amide bonds. The zero-order chi connectivity index (χ0) is 12.5. The number of hydrogen-bond donors (Lipinski definition) is 3. The van der Waals surface area contributed by atoms with Crippen LogP contribution in [0.2, 0.25) is 0 Å². The molecule has 0 unspecified atom stereocenters. The molecule has 3 N–H and O–H groups in total. The molecule has 1 saturated heterocycles. The summed E-state index contributed by atoms with van der Waals surface area (Å²) in [7, 11) is 0. The molecular formula is C12H20N2O3. The second-order valence-electron chi connectivity index (χ2n) is 5.41. The molecule has 0 aromatic heterocycles. The lowest BCUT2D eigenvalue weighted by atomic mass is 9.74. The Hall–Kier alpha value is -1.10. The number of rotatable bonds is 2. The lowest BCUT2D eigenvalue weighted by Crippen LogP contribution is -2.66. The minimum atomic E-state index is -0.704. The summed E-state index contributed by atoms with van der Waals surface area (Å²) in [5, 5.41) is 15.1. The Morgan fingerprint density at radius 2 is 2.12 bits per heavy atom. The highest BCUT2D eigenvalue weighted by molar-refractivity contribution is 5.82. The van der Waals surface area contributed by atoms with Crippen molar-refractivity contribution in [2.45, 2.75) is 50.6 Å². The average molecular weight is 240 g/mol. The average Bonchev–Trinajstić information content (AvgIpc) is 2.27. The number of amides is 1. The van der Waals surface area contributed by atoms with E-state index in [-0.39, 0.29) is 23.9 Å². The molecule has 1 atom stereocenters. The van der Waals surface area contributed by atoms with Crippen LogP contribution in [0.3, 0.4) is 0 Å². The molecule has 2 fully saturated rings. The van der Waals surface area contributed by atoms with Crippen LogP contribution >= 0.6 is 0 Å². The number of hydrogen-bond acceptors (Lipinski definition) is 3. The van der Waals surface area contributed by atoms with Crippen molar-refractivity contribution in [1.82, 2.24) is 10.6 Å². The van der Waals surface area contributed by atoms with E-state index in [0.717, 1.165) is 25.7 Å². The van der Waals surface area contributed by atoms with Crippen LogP contribution in [0.4, 0.5) is 0 Å². The first-order chi connectivity index (χ1) is 8.01. The second kappa shape index (κ2) is 4.64. The van der Waals surface area contributed by atoms with Gasteiger partial charge in [-0.1, -0.05) is 0 Å². The minimum absolute atomic E-state index is 0.00231. The summed E-state index contributed by atoms with van der Waals surface area (Å²) >= 11 is 0. The van der Waals surface area contributed by atoms with E-state index in [1.807, 2.05) is 6.92 Å². The normalized spacial score (nSPS) is 37.8. The van der Waals surface area contributed by atoms with Crippen molar-refractivity contribution in [3.63, 3.8) is 0 Å². The van der Waals surface area contributed by atoms with E-state index in [9.17, 15) is 9.59 Å². The number of aliphatic carboxylic acids is 1. The minimum Gasteiger partial charge on any atom is -0.481 e. The molecule has 17 heavy (non-hydrogen) atoms. The van der Waals surface area contributed by atoms with Crippen LogP contribution in [0.25, 0.3) is 0 Å². The number of carboxylic acids is 1. The van der Waals surface area contributed by atoms with E-state index in [1.165, 1.54) is 0 Å². The van der Waals surface area contributed by atoms with Crippen LogP contribution in [0.1, 0.15) is 39.0 Å². The summed E-state index contributed by atoms with van der Waals surface area (Å²) in [6.07, 6.45) is 4.05. The standard InChI is InChI=1S/C12H20N2O3/c1-8-11(17)13-7-12(14-8)4-2-9(3-5-12)6-10(15)16/h8-9,14H,2-7H2,1H3,(H,13,17)(H,15,16)/t8-,9?,12?/m0/s1. The summed E-state index contributed by atoms with van der Waals surface area (Å²) in [5.74, 6) is -0.347. The van der Waals surface area contributed by atoms with E-state index >= 15 is 0 Å². The molecule has 0 bridgehead atoms. The Balaban J connectivity index is 1.89. The molecule has 1 heterocycles. The van der Waals surface area contributed by atoms with Gasteiger partial charge in [-0.15, -0.1) is 0 Å². The van der Waals surface area contributed by atoms with Gasteiger partial charge in [-0.25, -0.2) is 0 Å².